The molecule has 0 fully saturated rings. The molecular weight excluding hydrogens is 310 g/mol. The first-order valence-corrected chi connectivity index (χ1v) is 8.41. The monoisotopic (exact) mass is 323 g/mol. The molecule has 0 bridgehead atoms. The molecule has 0 spiro atoms. The summed E-state index contributed by atoms with van der Waals surface area (Å²) in [5.41, 5.74) is 1.23. The van der Waals surface area contributed by atoms with E-state index >= 15 is 0 Å². The van der Waals surface area contributed by atoms with Crippen molar-refractivity contribution in [2.24, 2.45) is 0 Å². The highest BCUT2D eigenvalue weighted by molar-refractivity contribution is 7.92. The normalized spacial score (nSPS) is 14.8. The summed E-state index contributed by atoms with van der Waals surface area (Å²) in [5.74, 6) is -0.00950. The lowest BCUT2D eigenvalue weighted by Crippen LogP contribution is -2.35. The van der Waals surface area contributed by atoms with Crippen molar-refractivity contribution in [3.63, 3.8) is 0 Å². The van der Waals surface area contributed by atoms with Crippen molar-refractivity contribution in [1.29, 1.82) is 0 Å². The minimum Gasteiger partial charge on any atom is -0.506 e. The van der Waals surface area contributed by atoms with Crippen LogP contribution >= 0.6 is 11.6 Å². The van der Waals surface area contributed by atoms with Gasteiger partial charge in [0.15, 0.2) is 0 Å². The fraction of sp³-hybridized carbons (Fsp3) is 0.200. The van der Waals surface area contributed by atoms with Gasteiger partial charge in [0.1, 0.15) is 5.75 Å². The number of sulfonamides is 1. The van der Waals surface area contributed by atoms with Gasteiger partial charge < -0.3 is 5.11 Å². The van der Waals surface area contributed by atoms with Gasteiger partial charge in [0.05, 0.1) is 10.6 Å². The van der Waals surface area contributed by atoms with Crippen LogP contribution in [0.4, 0.5) is 5.69 Å². The summed E-state index contributed by atoms with van der Waals surface area (Å²) in [7, 11) is -3.70. The summed E-state index contributed by atoms with van der Waals surface area (Å²) in [6.45, 7) is 0.357. The third kappa shape index (κ3) is 2.47. The van der Waals surface area contributed by atoms with Crippen LogP contribution in [0.25, 0.3) is 0 Å². The average Bonchev–Trinajstić information content (AvgIpc) is 2.47. The Morgan fingerprint density at radius 1 is 1.10 bits per heavy atom. The summed E-state index contributed by atoms with van der Waals surface area (Å²) in [4.78, 5) is 0.169. The molecule has 2 aromatic carbocycles. The molecule has 0 radical (unpaired) electrons. The fourth-order valence-corrected chi connectivity index (χ4v) is 4.25. The van der Waals surface area contributed by atoms with E-state index < -0.39 is 10.0 Å². The standard InChI is InChI=1S/C15H14ClNO3S/c16-12-6-8-13(9-7-12)21(19,20)17-10-2-4-11-3-1-5-14(18)15(11)17/h1,3,5-9,18H,2,4,10H2. The zero-order chi connectivity index (χ0) is 15.0. The van der Waals surface area contributed by atoms with Gasteiger partial charge in [-0.15, -0.1) is 0 Å². The third-order valence-corrected chi connectivity index (χ3v) is 5.62. The molecule has 21 heavy (non-hydrogen) atoms. The molecule has 1 N–H and O–H groups in total. The van der Waals surface area contributed by atoms with Crippen LogP contribution in [0.5, 0.6) is 5.75 Å². The van der Waals surface area contributed by atoms with Crippen LogP contribution in [0.1, 0.15) is 12.0 Å². The number of phenolic OH excluding ortho intramolecular Hbond substituents is 1. The Morgan fingerprint density at radius 2 is 1.81 bits per heavy atom. The van der Waals surface area contributed by atoms with Crippen LogP contribution in [0.2, 0.25) is 5.02 Å². The first kappa shape index (κ1) is 14.2. The van der Waals surface area contributed by atoms with Crippen LogP contribution in [0.15, 0.2) is 47.4 Å². The van der Waals surface area contributed by atoms with E-state index in [1.807, 2.05) is 6.07 Å². The molecule has 4 nitrogen and oxygen atoms in total. The van der Waals surface area contributed by atoms with Gasteiger partial charge in [-0.05, 0) is 48.7 Å². The SMILES string of the molecule is O=S(=O)(c1ccc(Cl)cc1)N1CCCc2cccc(O)c21. The van der Waals surface area contributed by atoms with E-state index in [1.165, 1.54) is 22.5 Å². The molecule has 0 amide bonds. The van der Waals surface area contributed by atoms with E-state index in [0.29, 0.717) is 17.3 Å². The van der Waals surface area contributed by atoms with Crippen LogP contribution in [0.3, 0.4) is 0 Å². The van der Waals surface area contributed by atoms with Crippen molar-refractivity contribution >= 4 is 27.3 Å². The Morgan fingerprint density at radius 3 is 2.52 bits per heavy atom. The lowest BCUT2D eigenvalue weighted by molar-refractivity contribution is 0.472. The summed E-state index contributed by atoms with van der Waals surface area (Å²) in [5, 5.41) is 10.5. The smallest absolute Gasteiger partial charge is 0.264 e. The molecule has 0 aliphatic carbocycles. The second-order valence-electron chi connectivity index (χ2n) is 4.92. The van der Waals surface area contributed by atoms with Crippen molar-refractivity contribution < 1.29 is 13.5 Å². The zero-order valence-corrected chi connectivity index (χ0v) is 12.7. The Labute approximate surface area is 128 Å². The summed E-state index contributed by atoms with van der Waals surface area (Å²) < 4.78 is 26.9. The molecule has 0 atom stereocenters. The van der Waals surface area contributed by atoms with Crippen LogP contribution < -0.4 is 4.31 Å². The van der Waals surface area contributed by atoms with Crippen molar-refractivity contribution in [3.8, 4) is 5.75 Å². The third-order valence-electron chi connectivity index (χ3n) is 3.56. The maximum Gasteiger partial charge on any atom is 0.264 e. The highest BCUT2D eigenvalue weighted by atomic mass is 35.5. The Hall–Kier alpha value is -1.72. The van der Waals surface area contributed by atoms with Crippen molar-refractivity contribution in [1.82, 2.24) is 0 Å². The molecule has 0 saturated carbocycles. The van der Waals surface area contributed by atoms with Gasteiger partial charge in [-0.25, -0.2) is 8.42 Å². The van der Waals surface area contributed by atoms with E-state index in [0.717, 1.165) is 18.4 Å². The first-order valence-electron chi connectivity index (χ1n) is 6.59. The number of aryl methyl sites for hydroxylation is 1. The number of hydrogen-bond acceptors (Lipinski definition) is 3. The highest BCUT2D eigenvalue weighted by Gasteiger charge is 2.31. The molecule has 1 aliphatic rings. The number of halogens is 1. The number of fused-ring (bicyclic) bond motifs is 1. The number of anilines is 1. The van der Waals surface area contributed by atoms with Gasteiger partial charge in [0, 0.05) is 11.6 Å². The molecule has 1 heterocycles. The van der Waals surface area contributed by atoms with Gasteiger partial charge in [-0.2, -0.15) is 0 Å². The topological polar surface area (TPSA) is 57.6 Å². The van der Waals surface area contributed by atoms with Gasteiger partial charge in [0.25, 0.3) is 10.0 Å². The van der Waals surface area contributed by atoms with Gasteiger partial charge in [-0.3, -0.25) is 4.31 Å². The molecule has 3 rings (SSSR count). The highest BCUT2D eigenvalue weighted by Crippen LogP contribution is 2.38. The van der Waals surface area contributed by atoms with E-state index in [1.54, 1.807) is 18.2 Å². The van der Waals surface area contributed by atoms with E-state index in [9.17, 15) is 13.5 Å². The van der Waals surface area contributed by atoms with Crippen LogP contribution in [-0.4, -0.2) is 20.1 Å². The van der Waals surface area contributed by atoms with Crippen molar-refractivity contribution in [2.75, 3.05) is 10.8 Å². The molecule has 6 heteroatoms. The average molecular weight is 324 g/mol. The largest absolute Gasteiger partial charge is 0.506 e. The van der Waals surface area contributed by atoms with Gasteiger partial charge in [-0.1, -0.05) is 23.7 Å². The zero-order valence-electron chi connectivity index (χ0n) is 11.2. The molecule has 0 saturated heterocycles. The predicted molar refractivity (Wildman–Crippen MR) is 82.4 cm³/mol. The number of hydrogen-bond donors (Lipinski definition) is 1. The predicted octanol–water partition coefficient (Wildman–Crippen LogP) is 3.19. The fourth-order valence-electron chi connectivity index (χ4n) is 2.57. The molecular formula is C15H14ClNO3S. The number of para-hydroxylation sites is 1. The summed E-state index contributed by atoms with van der Waals surface area (Å²) >= 11 is 5.81. The van der Waals surface area contributed by atoms with Crippen molar-refractivity contribution in [2.45, 2.75) is 17.7 Å². The van der Waals surface area contributed by atoms with Crippen LogP contribution in [0, 0.1) is 0 Å². The summed E-state index contributed by atoms with van der Waals surface area (Å²) in [6, 6.07) is 11.1. The number of benzene rings is 2. The first-order chi connectivity index (χ1) is 10.00. The number of aromatic hydroxyl groups is 1. The van der Waals surface area contributed by atoms with E-state index in [-0.39, 0.29) is 10.6 Å². The van der Waals surface area contributed by atoms with Crippen LogP contribution in [-0.2, 0) is 16.4 Å². The molecule has 0 unspecified atom stereocenters. The maximum atomic E-state index is 12.8. The van der Waals surface area contributed by atoms with Crippen molar-refractivity contribution in [3.05, 3.63) is 53.1 Å². The number of phenols is 1. The lowest BCUT2D eigenvalue weighted by Gasteiger charge is -2.31. The number of rotatable bonds is 2. The minimum absolute atomic E-state index is 0.00950. The second-order valence-corrected chi connectivity index (χ2v) is 7.22. The van der Waals surface area contributed by atoms with Gasteiger partial charge in [0.2, 0.25) is 0 Å². The molecule has 1 aliphatic heterocycles. The van der Waals surface area contributed by atoms with E-state index in [4.69, 9.17) is 11.6 Å². The molecule has 0 aromatic heterocycles. The Kier molecular flexibility index (Phi) is 3.55. The maximum absolute atomic E-state index is 12.8. The lowest BCUT2D eigenvalue weighted by atomic mass is 10.0. The Bertz CT molecular complexity index is 772. The summed E-state index contributed by atoms with van der Waals surface area (Å²) in [6.07, 6.45) is 1.49. The quantitative estimate of drug-likeness (QED) is 0.923. The minimum atomic E-state index is -3.70. The molecule has 2 aromatic rings. The molecule has 110 valence electrons. The number of nitrogens with zero attached hydrogens (tertiary/aromatic N) is 1. The Balaban J connectivity index is 2.12. The second kappa shape index (κ2) is 5.24. The van der Waals surface area contributed by atoms with E-state index in [2.05, 4.69) is 0 Å². The van der Waals surface area contributed by atoms with Gasteiger partial charge >= 0.3 is 0 Å².